The molecule has 0 saturated carbocycles. The normalized spacial score (nSPS) is 9.58. The Bertz CT molecular complexity index is 287. The summed E-state index contributed by atoms with van der Waals surface area (Å²) in [6.45, 7) is 0. The maximum atomic E-state index is 10.8. The van der Waals surface area contributed by atoms with Crippen molar-refractivity contribution in [2.75, 3.05) is 7.11 Å². The molecule has 7 heteroatoms. The van der Waals surface area contributed by atoms with Crippen LogP contribution in [0.25, 0.3) is 0 Å². The van der Waals surface area contributed by atoms with Crippen molar-refractivity contribution in [3.8, 4) is 0 Å². The van der Waals surface area contributed by atoms with E-state index in [0.717, 1.165) is 11.3 Å². The van der Waals surface area contributed by atoms with Gasteiger partial charge in [0.1, 0.15) is 0 Å². The number of rotatable bonds is 2. The van der Waals surface area contributed by atoms with Crippen LogP contribution in [-0.4, -0.2) is 35.2 Å². The minimum Gasteiger partial charge on any atom is -0.464 e. The van der Waals surface area contributed by atoms with Gasteiger partial charge in [0.25, 0.3) is 0 Å². The summed E-state index contributed by atoms with van der Waals surface area (Å²) in [5, 5.41) is 18.8. The Morgan fingerprint density at radius 3 is 2.83 bits per heavy atom. The van der Waals surface area contributed by atoms with Crippen molar-refractivity contribution in [3.05, 3.63) is 10.4 Å². The summed E-state index contributed by atoms with van der Waals surface area (Å²) in [5.74, 6) is -0.577. The monoisotopic (exact) mass is 187 g/mol. The summed E-state index contributed by atoms with van der Waals surface area (Å²) >= 11 is 1.00. The number of thiazole rings is 1. The number of carbonyl (C=O) groups is 1. The standard InChI is InChI=1S/C5H6BNO4S/c1-11-5(8)4-7-3(2-12-4)6(9)10/h2,9-10H,1H3. The number of carbonyl (C=O) groups excluding carboxylic acids is 1. The van der Waals surface area contributed by atoms with Crippen LogP contribution < -0.4 is 5.59 Å². The Balaban J connectivity index is 2.84. The van der Waals surface area contributed by atoms with Gasteiger partial charge in [-0.1, -0.05) is 0 Å². The molecule has 64 valence electrons. The van der Waals surface area contributed by atoms with Crippen LogP contribution in [0, 0.1) is 0 Å². The van der Waals surface area contributed by atoms with Crippen LogP contribution in [-0.2, 0) is 4.74 Å². The first-order valence-electron chi connectivity index (χ1n) is 3.05. The van der Waals surface area contributed by atoms with Gasteiger partial charge in [-0.2, -0.15) is 0 Å². The van der Waals surface area contributed by atoms with E-state index in [1.54, 1.807) is 0 Å². The molecule has 0 fully saturated rings. The molecule has 2 N–H and O–H groups in total. The lowest BCUT2D eigenvalue weighted by Crippen LogP contribution is -2.31. The average Bonchev–Trinajstić information content (AvgIpc) is 2.51. The van der Waals surface area contributed by atoms with Gasteiger partial charge in [0.2, 0.25) is 5.01 Å². The Kier molecular flexibility index (Phi) is 2.80. The van der Waals surface area contributed by atoms with Crippen molar-refractivity contribution in [2.24, 2.45) is 0 Å². The number of ether oxygens (including phenoxy) is 1. The molecule has 1 heterocycles. The van der Waals surface area contributed by atoms with Gasteiger partial charge in [0.05, 0.1) is 12.7 Å². The lowest BCUT2D eigenvalue weighted by molar-refractivity contribution is 0.0600. The molecular weight excluding hydrogens is 181 g/mol. The minimum absolute atomic E-state index is 0.0559. The number of hydrogen-bond donors (Lipinski definition) is 2. The van der Waals surface area contributed by atoms with Crippen LogP contribution in [0.1, 0.15) is 9.80 Å². The second kappa shape index (κ2) is 3.66. The van der Waals surface area contributed by atoms with Crippen molar-refractivity contribution < 1.29 is 19.6 Å². The smallest absolute Gasteiger partial charge is 0.464 e. The maximum Gasteiger partial charge on any atom is 0.509 e. The first kappa shape index (κ1) is 9.18. The van der Waals surface area contributed by atoms with Crippen LogP contribution in [0.5, 0.6) is 0 Å². The molecular formula is C5H6BNO4S. The molecule has 5 nitrogen and oxygen atoms in total. The van der Waals surface area contributed by atoms with Crippen molar-refractivity contribution in [1.82, 2.24) is 4.98 Å². The lowest BCUT2D eigenvalue weighted by Gasteiger charge is -1.91. The SMILES string of the molecule is COC(=O)c1nc(B(O)O)cs1. The molecule has 0 radical (unpaired) electrons. The molecule has 0 bridgehead atoms. The average molecular weight is 187 g/mol. The van der Waals surface area contributed by atoms with Crippen LogP contribution in [0.15, 0.2) is 5.38 Å². The van der Waals surface area contributed by atoms with Gasteiger partial charge < -0.3 is 14.8 Å². The number of nitrogens with zero attached hydrogens (tertiary/aromatic N) is 1. The van der Waals surface area contributed by atoms with Gasteiger partial charge in [-0.25, -0.2) is 9.78 Å². The molecule has 0 unspecified atom stereocenters. The highest BCUT2D eigenvalue weighted by Gasteiger charge is 2.18. The highest BCUT2D eigenvalue weighted by atomic mass is 32.1. The van der Waals surface area contributed by atoms with E-state index in [0.29, 0.717) is 0 Å². The second-order valence-electron chi connectivity index (χ2n) is 1.94. The summed E-state index contributed by atoms with van der Waals surface area (Å²) in [7, 11) is -0.404. The lowest BCUT2D eigenvalue weighted by atomic mass is 9.88. The quantitative estimate of drug-likeness (QED) is 0.440. The summed E-state index contributed by atoms with van der Waals surface area (Å²) in [4.78, 5) is 14.4. The fraction of sp³-hybridized carbons (Fsp3) is 0.200. The van der Waals surface area contributed by atoms with Gasteiger partial charge in [0.15, 0.2) is 0 Å². The fourth-order valence-electron chi connectivity index (χ4n) is 0.586. The van der Waals surface area contributed by atoms with E-state index in [1.807, 2.05) is 0 Å². The Morgan fingerprint density at radius 1 is 1.75 bits per heavy atom. The van der Waals surface area contributed by atoms with Gasteiger partial charge in [-0.3, -0.25) is 0 Å². The van der Waals surface area contributed by atoms with Crippen molar-refractivity contribution in [1.29, 1.82) is 0 Å². The van der Waals surface area contributed by atoms with Crippen LogP contribution in [0.3, 0.4) is 0 Å². The maximum absolute atomic E-state index is 10.8. The third-order valence-corrected chi connectivity index (χ3v) is 1.99. The summed E-state index contributed by atoms with van der Waals surface area (Å²) in [5.41, 5.74) is 0.0559. The number of esters is 1. The third-order valence-electron chi connectivity index (χ3n) is 1.15. The largest absolute Gasteiger partial charge is 0.509 e. The molecule has 0 aliphatic heterocycles. The van der Waals surface area contributed by atoms with Gasteiger partial charge >= 0.3 is 13.1 Å². The van der Waals surface area contributed by atoms with Gasteiger partial charge in [-0.15, -0.1) is 11.3 Å². The summed E-state index contributed by atoms with van der Waals surface area (Å²) in [6, 6.07) is 0. The molecule has 0 aliphatic carbocycles. The van der Waals surface area contributed by atoms with Gasteiger partial charge in [0, 0.05) is 5.38 Å². The molecule has 0 spiro atoms. The van der Waals surface area contributed by atoms with E-state index in [2.05, 4.69) is 9.72 Å². The molecule has 0 atom stereocenters. The zero-order chi connectivity index (χ0) is 9.14. The van der Waals surface area contributed by atoms with Gasteiger partial charge in [-0.05, 0) is 0 Å². The summed E-state index contributed by atoms with van der Waals surface area (Å²) in [6.07, 6.45) is 0. The molecule has 1 aromatic heterocycles. The minimum atomic E-state index is -1.64. The molecule has 1 aromatic rings. The fourth-order valence-corrected chi connectivity index (χ4v) is 1.33. The number of aromatic nitrogens is 1. The molecule has 1 rings (SSSR count). The van der Waals surface area contributed by atoms with Crippen LogP contribution in [0.2, 0.25) is 0 Å². The molecule has 0 saturated heterocycles. The van der Waals surface area contributed by atoms with E-state index < -0.39 is 13.1 Å². The second-order valence-corrected chi connectivity index (χ2v) is 2.80. The first-order chi connectivity index (χ1) is 5.65. The highest BCUT2D eigenvalue weighted by Crippen LogP contribution is 2.03. The Hall–Kier alpha value is -0.915. The Labute approximate surface area is 72.8 Å². The number of hydrogen-bond acceptors (Lipinski definition) is 6. The zero-order valence-electron chi connectivity index (χ0n) is 6.22. The van der Waals surface area contributed by atoms with E-state index in [1.165, 1.54) is 12.5 Å². The molecule has 0 aromatic carbocycles. The van der Waals surface area contributed by atoms with E-state index >= 15 is 0 Å². The first-order valence-corrected chi connectivity index (χ1v) is 3.93. The van der Waals surface area contributed by atoms with Crippen molar-refractivity contribution in [3.63, 3.8) is 0 Å². The van der Waals surface area contributed by atoms with E-state index in [4.69, 9.17) is 10.0 Å². The van der Waals surface area contributed by atoms with E-state index in [9.17, 15) is 4.79 Å². The predicted octanol–water partition coefficient (Wildman–Crippen LogP) is -1.39. The molecule has 0 aliphatic rings. The van der Waals surface area contributed by atoms with Crippen molar-refractivity contribution >= 4 is 30.0 Å². The summed E-state index contributed by atoms with van der Waals surface area (Å²) < 4.78 is 4.38. The predicted molar refractivity (Wildman–Crippen MR) is 43.3 cm³/mol. The third kappa shape index (κ3) is 1.82. The highest BCUT2D eigenvalue weighted by molar-refractivity contribution is 7.12. The van der Waals surface area contributed by atoms with E-state index in [-0.39, 0.29) is 10.6 Å². The molecule has 0 amide bonds. The topological polar surface area (TPSA) is 79.7 Å². The molecule has 12 heavy (non-hydrogen) atoms. The van der Waals surface area contributed by atoms with Crippen LogP contribution in [0.4, 0.5) is 0 Å². The number of methoxy groups -OCH3 is 1. The van der Waals surface area contributed by atoms with Crippen LogP contribution >= 0.6 is 11.3 Å². The Morgan fingerprint density at radius 2 is 2.42 bits per heavy atom. The van der Waals surface area contributed by atoms with Crippen molar-refractivity contribution in [2.45, 2.75) is 0 Å². The zero-order valence-corrected chi connectivity index (χ0v) is 7.04.